The molecule has 2 aromatic heterocycles. The molecule has 4 nitrogen and oxygen atoms in total. The van der Waals surface area contributed by atoms with E-state index >= 15 is 0 Å². The predicted octanol–water partition coefficient (Wildman–Crippen LogP) is 4.64. The van der Waals surface area contributed by atoms with Crippen LogP contribution in [0.5, 0.6) is 0 Å². The van der Waals surface area contributed by atoms with Gasteiger partial charge in [-0.25, -0.2) is 0 Å². The van der Waals surface area contributed by atoms with Crippen LogP contribution in [0, 0.1) is 13.0 Å². The minimum Gasteiger partial charge on any atom is -0.512 e. The second kappa shape index (κ2) is 9.16. The molecular weight excluding hydrogens is 482 g/mol. The van der Waals surface area contributed by atoms with Crippen LogP contribution in [0.15, 0.2) is 58.8 Å². The molecule has 3 aromatic rings. The monoisotopic (exact) mass is 501 g/mol. The van der Waals surface area contributed by atoms with Gasteiger partial charge >= 0.3 is 0 Å². The van der Waals surface area contributed by atoms with E-state index in [0.717, 1.165) is 28.0 Å². The van der Waals surface area contributed by atoms with Crippen molar-refractivity contribution in [2.75, 3.05) is 0 Å². The Hall–Kier alpha value is -2.23. The van der Waals surface area contributed by atoms with E-state index in [-0.39, 0.29) is 31.6 Å². The van der Waals surface area contributed by atoms with Gasteiger partial charge < -0.3 is 14.5 Å². The van der Waals surface area contributed by atoms with Gasteiger partial charge in [-0.15, -0.1) is 35.9 Å². The number of aromatic nitrogens is 1. The third-order valence-electron chi connectivity index (χ3n) is 2.92. The van der Waals surface area contributed by atoms with Gasteiger partial charge in [-0.3, -0.25) is 4.79 Å². The summed E-state index contributed by atoms with van der Waals surface area (Å²) in [6, 6.07) is 14.9. The van der Waals surface area contributed by atoms with Crippen molar-refractivity contribution in [3.63, 3.8) is 0 Å². The second-order valence-corrected chi connectivity index (χ2v) is 5.14. The number of carbonyl (C=O) groups excluding carboxylic acids is 1. The zero-order chi connectivity index (χ0) is 16.8. The molecule has 24 heavy (non-hydrogen) atoms. The number of benzene rings is 1. The molecule has 1 aromatic carbocycles. The summed E-state index contributed by atoms with van der Waals surface area (Å²) in [4.78, 5) is 14.4. The van der Waals surface area contributed by atoms with Crippen molar-refractivity contribution < 1.29 is 34.4 Å². The number of rotatable bonds is 2. The van der Waals surface area contributed by atoms with Crippen LogP contribution in [0.4, 0.5) is 0 Å². The topological polar surface area (TPSA) is 63.3 Å². The molecule has 5 heteroatoms. The molecule has 1 radical (unpaired) electrons. The average molecular weight is 501 g/mol. The van der Waals surface area contributed by atoms with Gasteiger partial charge in [-0.1, -0.05) is 0 Å². The Morgan fingerprint density at radius 1 is 1.29 bits per heavy atom. The molecule has 2 heterocycles. The Labute approximate surface area is 154 Å². The maximum atomic E-state index is 10.0. The Balaban J connectivity index is 0.000000312. The standard InChI is InChI=1S/C14H10NO.C5H8O2.Ir/c1-10-7-12-9-15-13(8-14(12)16-10)11-5-3-2-4-6-11;1-4(6)3-5(2)7;/h2-5,7-9H,1H3;3,6H,1-2H3;/q-1;;/b;4-3-;. The van der Waals surface area contributed by atoms with Crippen LogP contribution in [0.25, 0.3) is 22.2 Å². The molecular formula is C19H18IrNO3-. The van der Waals surface area contributed by atoms with Crippen molar-refractivity contribution >= 4 is 16.8 Å². The SMILES string of the molecule is CC(=O)/C=C(/C)O.Cc1cc2cnc(-c3[c-]cccc3)cc2o1.[Ir]. The number of hydrogen-bond acceptors (Lipinski definition) is 4. The number of hydrogen-bond donors (Lipinski definition) is 1. The van der Waals surface area contributed by atoms with Gasteiger partial charge in [0.2, 0.25) is 0 Å². The molecule has 0 fully saturated rings. The molecule has 0 unspecified atom stereocenters. The minimum absolute atomic E-state index is 0. The minimum atomic E-state index is -0.125. The van der Waals surface area contributed by atoms with E-state index < -0.39 is 0 Å². The van der Waals surface area contributed by atoms with E-state index in [1.54, 1.807) is 0 Å². The first-order valence-electron chi connectivity index (χ1n) is 7.17. The number of ketones is 1. The first kappa shape index (κ1) is 19.8. The number of aryl methyl sites for hydroxylation is 1. The zero-order valence-electron chi connectivity index (χ0n) is 13.7. The zero-order valence-corrected chi connectivity index (χ0v) is 16.1. The number of furan rings is 1. The van der Waals surface area contributed by atoms with Gasteiger partial charge in [-0.05, 0) is 38.6 Å². The molecule has 0 amide bonds. The van der Waals surface area contributed by atoms with Crippen LogP contribution in [0.1, 0.15) is 19.6 Å². The fraction of sp³-hybridized carbons (Fsp3) is 0.158. The fourth-order valence-electron chi connectivity index (χ4n) is 2.06. The van der Waals surface area contributed by atoms with Crippen molar-refractivity contribution in [2.24, 2.45) is 0 Å². The van der Waals surface area contributed by atoms with Crippen LogP contribution in [-0.4, -0.2) is 15.9 Å². The average Bonchev–Trinajstić information content (AvgIpc) is 2.86. The van der Waals surface area contributed by atoms with Gasteiger partial charge in [0.1, 0.15) is 11.3 Å². The number of fused-ring (bicyclic) bond motifs is 1. The summed E-state index contributed by atoms with van der Waals surface area (Å²) in [6.07, 6.45) is 3.00. The Morgan fingerprint density at radius 2 is 2.04 bits per heavy atom. The number of allylic oxidation sites excluding steroid dienone is 2. The predicted molar refractivity (Wildman–Crippen MR) is 90.1 cm³/mol. The molecule has 0 spiro atoms. The largest absolute Gasteiger partial charge is 0.512 e. The van der Waals surface area contributed by atoms with E-state index in [2.05, 4.69) is 11.1 Å². The third kappa shape index (κ3) is 5.76. The van der Waals surface area contributed by atoms with E-state index in [0.29, 0.717) is 0 Å². The summed E-state index contributed by atoms with van der Waals surface area (Å²) in [6.45, 7) is 4.79. The van der Waals surface area contributed by atoms with Crippen LogP contribution < -0.4 is 0 Å². The summed E-state index contributed by atoms with van der Waals surface area (Å²) in [5, 5.41) is 9.40. The molecule has 0 saturated carbocycles. The van der Waals surface area contributed by atoms with Crippen LogP contribution >= 0.6 is 0 Å². The Bertz CT molecular complexity index is 834. The van der Waals surface area contributed by atoms with E-state index in [9.17, 15) is 4.79 Å². The van der Waals surface area contributed by atoms with Gasteiger partial charge in [0.15, 0.2) is 5.78 Å². The number of carbonyl (C=O) groups is 1. The van der Waals surface area contributed by atoms with Gasteiger partial charge in [0.05, 0.1) is 5.76 Å². The number of aliphatic hydroxyl groups is 1. The molecule has 0 bridgehead atoms. The van der Waals surface area contributed by atoms with Gasteiger partial charge in [0, 0.05) is 37.8 Å². The molecule has 0 saturated heterocycles. The normalized spacial score (nSPS) is 10.5. The molecule has 0 aliphatic heterocycles. The molecule has 127 valence electrons. The van der Waals surface area contributed by atoms with Crippen molar-refractivity contribution in [1.82, 2.24) is 4.98 Å². The van der Waals surface area contributed by atoms with Gasteiger partial charge in [-0.2, -0.15) is 0 Å². The first-order chi connectivity index (χ1) is 11.0. The first-order valence-corrected chi connectivity index (χ1v) is 7.17. The van der Waals surface area contributed by atoms with Crippen LogP contribution in [-0.2, 0) is 24.9 Å². The summed E-state index contributed by atoms with van der Waals surface area (Å²) in [7, 11) is 0. The van der Waals surface area contributed by atoms with E-state index in [1.165, 1.54) is 19.9 Å². The molecule has 0 atom stereocenters. The van der Waals surface area contributed by atoms with Crippen molar-refractivity contribution in [2.45, 2.75) is 20.8 Å². The Morgan fingerprint density at radius 3 is 2.58 bits per heavy atom. The summed E-state index contributed by atoms with van der Waals surface area (Å²) >= 11 is 0. The van der Waals surface area contributed by atoms with Crippen LogP contribution in [0.2, 0.25) is 0 Å². The summed E-state index contributed by atoms with van der Waals surface area (Å²) < 4.78 is 5.58. The summed E-state index contributed by atoms with van der Waals surface area (Å²) in [5.41, 5.74) is 2.75. The van der Waals surface area contributed by atoms with Crippen molar-refractivity contribution in [1.29, 1.82) is 0 Å². The van der Waals surface area contributed by atoms with E-state index in [1.807, 2.05) is 49.5 Å². The quantitative estimate of drug-likeness (QED) is 0.316. The number of pyridine rings is 1. The molecule has 3 rings (SSSR count). The maximum Gasteiger partial charge on any atom is 0.155 e. The van der Waals surface area contributed by atoms with Crippen molar-refractivity contribution in [3.05, 3.63) is 66.3 Å². The molecule has 0 aliphatic carbocycles. The van der Waals surface area contributed by atoms with Crippen LogP contribution in [0.3, 0.4) is 0 Å². The Kier molecular flexibility index (Phi) is 7.56. The smallest absolute Gasteiger partial charge is 0.155 e. The fourth-order valence-corrected chi connectivity index (χ4v) is 2.06. The molecule has 1 N–H and O–H groups in total. The number of nitrogens with zero attached hydrogens (tertiary/aromatic N) is 1. The third-order valence-corrected chi connectivity index (χ3v) is 2.92. The maximum absolute atomic E-state index is 10.0. The second-order valence-electron chi connectivity index (χ2n) is 5.14. The summed E-state index contributed by atoms with van der Waals surface area (Å²) in [5.74, 6) is 0.846. The van der Waals surface area contributed by atoms with Crippen molar-refractivity contribution in [3.8, 4) is 11.3 Å². The molecule has 0 aliphatic rings. The number of aliphatic hydroxyl groups excluding tert-OH is 1. The van der Waals surface area contributed by atoms with Gasteiger partial charge in [0.25, 0.3) is 0 Å². The van der Waals surface area contributed by atoms with E-state index in [4.69, 9.17) is 9.52 Å².